The van der Waals surface area contributed by atoms with E-state index in [-0.39, 0.29) is 12.5 Å². The average Bonchev–Trinajstić information content (AvgIpc) is 3.36. The number of pyridine rings is 1. The van der Waals surface area contributed by atoms with Crippen LogP contribution in [0.4, 0.5) is 5.69 Å². The molecule has 2 aromatic carbocycles. The average molecular weight is 528 g/mol. The van der Waals surface area contributed by atoms with Crippen LogP contribution in [0.2, 0.25) is 0 Å². The normalized spacial score (nSPS) is 12.0. The van der Waals surface area contributed by atoms with Crippen LogP contribution < -0.4 is 15.0 Å². The molecule has 0 aliphatic rings. The second kappa shape index (κ2) is 11.8. The van der Waals surface area contributed by atoms with E-state index in [1.54, 1.807) is 42.7 Å². The van der Waals surface area contributed by atoms with E-state index >= 15 is 0 Å². The Morgan fingerprint density at radius 2 is 1.72 bits per heavy atom. The Hall–Kier alpha value is -4.60. The lowest BCUT2D eigenvalue weighted by Gasteiger charge is -2.34. The van der Waals surface area contributed by atoms with Gasteiger partial charge in [0.1, 0.15) is 18.3 Å². The number of hydrogen-bond acceptors (Lipinski definition) is 7. The van der Waals surface area contributed by atoms with Crippen LogP contribution in [-0.2, 0) is 16.1 Å². The summed E-state index contributed by atoms with van der Waals surface area (Å²) in [5.74, 6) is 0.115. The number of benzene rings is 2. The number of anilines is 1. The molecule has 202 valence electrons. The first kappa shape index (κ1) is 27.4. The van der Waals surface area contributed by atoms with Crippen molar-refractivity contribution < 1.29 is 14.3 Å². The first-order valence-corrected chi connectivity index (χ1v) is 12.8. The fourth-order valence-corrected chi connectivity index (χ4v) is 4.08. The molecule has 0 aliphatic heterocycles. The lowest BCUT2D eigenvalue weighted by molar-refractivity contribution is -0.128. The molecule has 0 fully saturated rings. The van der Waals surface area contributed by atoms with Crippen molar-refractivity contribution in [3.8, 4) is 17.1 Å². The molecule has 1 N–H and O–H groups in total. The van der Waals surface area contributed by atoms with Crippen molar-refractivity contribution >= 4 is 17.5 Å². The Balaban J connectivity index is 1.77. The summed E-state index contributed by atoms with van der Waals surface area (Å²) in [7, 11) is 0. The van der Waals surface area contributed by atoms with E-state index in [1.807, 2.05) is 65.0 Å². The monoisotopic (exact) mass is 527 g/mol. The van der Waals surface area contributed by atoms with Crippen molar-refractivity contribution in [3.05, 3.63) is 84.2 Å². The second-order valence-corrected chi connectivity index (χ2v) is 10.1. The van der Waals surface area contributed by atoms with E-state index in [1.165, 1.54) is 9.70 Å². The molecule has 0 unspecified atom stereocenters. The first-order valence-electron chi connectivity index (χ1n) is 12.8. The molecular formula is C29H33N7O3. The number of aryl methyl sites for hydroxylation is 1. The lowest BCUT2D eigenvalue weighted by Crippen LogP contribution is -2.50. The van der Waals surface area contributed by atoms with Crippen LogP contribution in [0.15, 0.2) is 73.1 Å². The van der Waals surface area contributed by atoms with Crippen molar-refractivity contribution in [2.75, 3.05) is 11.5 Å². The number of amides is 2. The number of hydrogen-bond donors (Lipinski definition) is 1. The summed E-state index contributed by atoms with van der Waals surface area (Å²) in [5, 5.41) is 15.7. The third-order valence-corrected chi connectivity index (χ3v) is 5.76. The van der Waals surface area contributed by atoms with Crippen molar-refractivity contribution in [2.24, 2.45) is 0 Å². The summed E-state index contributed by atoms with van der Waals surface area (Å²) in [5.41, 5.74) is 2.41. The predicted octanol–water partition coefficient (Wildman–Crippen LogP) is 4.13. The smallest absolute Gasteiger partial charge is 0.251 e. The molecule has 4 aromatic rings. The van der Waals surface area contributed by atoms with Gasteiger partial charge in [0.15, 0.2) is 0 Å². The molecule has 39 heavy (non-hydrogen) atoms. The zero-order valence-electron chi connectivity index (χ0n) is 22.8. The molecule has 2 amide bonds. The van der Waals surface area contributed by atoms with Crippen LogP contribution >= 0.6 is 0 Å². The fourth-order valence-electron chi connectivity index (χ4n) is 4.08. The van der Waals surface area contributed by atoms with Crippen LogP contribution in [0.1, 0.15) is 44.9 Å². The van der Waals surface area contributed by atoms with E-state index in [2.05, 4.69) is 25.7 Å². The molecule has 0 saturated heterocycles. The van der Waals surface area contributed by atoms with Gasteiger partial charge < -0.3 is 10.1 Å². The molecule has 1 atom stereocenters. The molecule has 0 bridgehead atoms. The number of rotatable bonds is 9. The fraction of sp³-hybridized carbons (Fsp3) is 0.310. The van der Waals surface area contributed by atoms with Gasteiger partial charge in [0.2, 0.25) is 11.7 Å². The van der Waals surface area contributed by atoms with E-state index in [0.717, 1.165) is 11.1 Å². The highest BCUT2D eigenvalue weighted by Crippen LogP contribution is 2.35. The van der Waals surface area contributed by atoms with Gasteiger partial charge in [-0.1, -0.05) is 42.0 Å². The SMILES string of the molecule is CCOc1ccccc1N(C(=O)Cn1nnc(-c2ccc(C)cc2)n1)[C@@H](C(=O)NC(C)(C)C)c1ccncc1. The Labute approximate surface area is 228 Å². The number of aromatic nitrogens is 5. The Morgan fingerprint density at radius 1 is 1.03 bits per heavy atom. The van der Waals surface area contributed by atoms with E-state index < -0.39 is 17.5 Å². The molecule has 10 nitrogen and oxygen atoms in total. The highest BCUT2D eigenvalue weighted by atomic mass is 16.5. The summed E-state index contributed by atoms with van der Waals surface area (Å²) in [4.78, 5) is 34.7. The summed E-state index contributed by atoms with van der Waals surface area (Å²) < 4.78 is 5.87. The van der Waals surface area contributed by atoms with Gasteiger partial charge in [-0.15, -0.1) is 10.2 Å². The van der Waals surface area contributed by atoms with E-state index in [9.17, 15) is 9.59 Å². The van der Waals surface area contributed by atoms with Gasteiger partial charge in [-0.05, 0) is 69.7 Å². The second-order valence-electron chi connectivity index (χ2n) is 10.1. The van der Waals surface area contributed by atoms with E-state index in [4.69, 9.17) is 4.74 Å². The standard InChI is InChI=1S/C29H33N7O3/c1-6-39-24-10-8-7-9-23(24)36(26(21-15-17-30-18-16-21)28(38)31-29(3,4)5)25(37)19-35-33-27(32-34-35)22-13-11-20(2)12-14-22/h7-18,26H,6,19H2,1-5H3,(H,31,38)/t26-/m1/s1. The van der Waals surface area contributed by atoms with Crippen molar-refractivity contribution in [1.29, 1.82) is 0 Å². The summed E-state index contributed by atoms with van der Waals surface area (Å²) in [6, 6.07) is 17.3. The third-order valence-electron chi connectivity index (χ3n) is 5.76. The number of ether oxygens (including phenoxy) is 1. The summed E-state index contributed by atoms with van der Waals surface area (Å²) in [6.07, 6.45) is 3.19. The first-order chi connectivity index (χ1) is 18.7. The number of carbonyl (C=O) groups is 2. The van der Waals surface area contributed by atoms with Crippen molar-refractivity contribution in [3.63, 3.8) is 0 Å². The molecule has 10 heteroatoms. The lowest BCUT2D eigenvalue weighted by atomic mass is 10.0. The highest BCUT2D eigenvalue weighted by molar-refractivity contribution is 6.02. The molecule has 0 saturated carbocycles. The molecular weight excluding hydrogens is 494 g/mol. The molecule has 0 aliphatic carbocycles. The minimum atomic E-state index is -1.01. The molecule has 4 rings (SSSR count). The zero-order valence-corrected chi connectivity index (χ0v) is 22.8. The quantitative estimate of drug-likeness (QED) is 0.348. The van der Waals surface area contributed by atoms with Crippen LogP contribution in [0, 0.1) is 6.92 Å². The number of para-hydroxylation sites is 2. The Kier molecular flexibility index (Phi) is 8.33. The van der Waals surface area contributed by atoms with Crippen molar-refractivity contribution in [1.82, 2.24) is 30.5 Å². The number of nitrogens with zero attached hydrogens (tertiary/aromatic N) is 6. The summed E-state index contributed by atoms with van der Waals surface area (Å²) in [6.45, 7) is 9.67. The zero-order chi connectivity index (χ0) is 28.0. The van der Waals surface area contributed by atoms with Gasteiger partial charge in [0, 0.05) is 23.5 Å². The maximum absolute atomic E-state index is 14.1. The molecule has 0 radical (unpaired) electrons. The van der Waals surface area contributed by atoms with Gasteiger partial charge in [-0.2, -0.15) is 4.80 Å². The van der Waals surface area contributed by atoms with Crippen LogP contribution in [-0.4, -0.2) is 49.2 Å². The maximum atomic E-state index is 14.1. The van der Waals surface area contributed by atoms with Crippen molar-refractivity contribution in [2.45, 2.75) is 52.7 Å². The predicted molar refractivity (Wildman–Crippen MR) is 148 cm³/mol. The molecule has 0 spiro atoms. The number of tetrazole rings is 1. The highest BCUT2D eigenvalue weighted by Gasteiger charge is 2.36. The minimum Gasteiger partial charge on any atom is -0.492 e. The van der Waals surface area contributed by atoms with Gasteiger partial charge in [-0.25, -0.2) is 0 Å². The topological polar surface area (TPSA) is 115 Å². The van der Waals surface area contributed by atoms with E-state index in [0.29, 0.717) is 29.4 Å². The van der Waals surface area contributed by atoms with Gasteiger partial charge in [0.05, 0.1) is 12.3 Å². The Bertz CT molecular complexity index is 1410. The largest absolute Gasteiger partial charge is 0.492 e. The number of nitrogens with one attached hydrogen (secondary N) is 1. The Morgan fingerprint density at radius 3 is 2.38 bits per heavy atom. The van der Waals surface area contributed by atoms with Crippen LogP contribution in [0.5, 0.6) is 5.75 Å². The van der Waals surface area contributed by atoms with Crippen LogP contribution in [0.25, 0.3) is 11.4 Å². The minimum absolute atomic E-state index is 0.246. The number of carbonyl (C=O) groups excluding carboxylic acids is 2. The summed E-state index contributed by atoms with van der Waals surface area (Å²) >= 11 is 0. The maximum Gasteiger partial charge on any atom is 0.251 e. The van der Waals surface area contributed by atoms with Crippen LogP contribution in [0.3, 0.4) is 0 Å². The van der Waals surface area contributed by atoms with Gasteiger partial charge in [-0.3, -0.25) is 19.5 Å². The van der Waals surface area contributed by atoms with Gasteiger partial charge in [0.25, 0.3) is 5.91 Å². The molecule has 2 heterocycles. The molecule has 2 aromatic heterocycles. The third kappa shape index (κ3) is 6.84. The van der Waals surface area contributed by atoms with Gasteiger partial charge >= 0.3 is 0 Å².